The van der Waals surface area contributed by atoms with Gasteiger partial charge in [0.25, 0.3) is 0 Å². The molecule has 0 saturated heterocycles. The Balaban J connectivity index is 2.07. The van der Waals surface area contributed by atoms with E-state index >= 15 is 0 Å². The summed E-state index contributed by atoms with van der Waals surface area (Å²) in [7, 11) is 2.19. The van der Waals surface area contributed by atoms with E-state index in [1.807, 2.05) is 0 Å². The maximum absolute atomic E-state index is 3.48. The third-order valence-electron chi connectivity index (χ3n) is 2.74. The Morgan fingerprint density at radius 3 is 2.53 bits per heavy atom. The van der Waals surface area contributed by atoms with Crippen molar-refractivity contribution in [1.82, 2.24) is 10.2 Å². The van der Waals surface area contributed by atoms with Crippen molar-refractivity contribution in [2.75, 3.05) is 26.7 Å². The Kier molecular flexibility index (Phi) is 6.90. The van der Waals surface area contributed by atoms with Crippen LogP contribution in [0.1, 0.15) is 25.8 Å². The third-order valence-corrected chi connectivity index (χ3v) is 2.74. The molecule has 0 aliphatic heterocycles. The first kappa shape index (κ1) is 14.2. The van der Waals surface area contributed by atoms with Gasteiger partial charge in [-0.3, -0.25) is 0 Å². The number of nitrogens with zero attached hydrogens (tertiary/aromatic N) is 1. The van der Waals surface area contributed by atoms with Crippen LogP contribution in [-0.4, -0.2) is 31.6 Å². The van der Waals surface area contributed by atoms with Crippen molar-refractivity contribution in [1.29, 1.82) is 0 Å². The minimum absolute atomic E-state index is 0.747. The smallest absolute Gasteiger partial charge is 0.0230 e. The van der Waals surface area contributed by atoms with E-state index in [-0.39, 0.29) is 0 Å². The van der Waals surface area contributed by atoms with E-state index in [4.69, 9.17) is 0 Å². The lowest BCUT2D eigenvalue weighted by molar-refractivity contribution is 0.318. The summed E-state index contributed by atoms with van der Waals surface area (Å²) in [6.45, 7) is 8.94. The van der Waals surface area contributed by atoms with Crippen LogP contribution in [0.4, 0.5) is 0 Å². The van der Waals surface area contributed by atoms with Crippen LogP contribution >= 0.6 is 0 Å². The van der Waals surface area contributed by atoms with Crippen LogP contribution in [0.15, 0.2) is 30.3 Å². The van der Waals surface area contributed by atoms with E-state index in [2.05, 4.69) is 61.4 Å². The molecule has 0 saturated carbocycles. The maximum Gasteiger partial charge on any atom is 0.0230 e. The molecule has 0 unspecified atom stereocenters. The molecule has 1 aromatic rings. The second kappa shape index (κ2) is 8.26. The average Bonchev–Trinajstić information content (AvgIpc) is 2.29. The summed E-state index contributed by atoms with van der Waals surface area (Å²) >= 11 is 0. The highest BCUT2D eigenvalue weighted by molar-refractivity contribution is 5.14. The molecule has 0 spiro atoms. The van der Waals surface area contributed by atoms with E-state index in [0.29, 0.717) is 0 Å². The minimum atomic E-state index is 0.747. The fourth-order valence-corrected chi connectivity index (χ4v) is 1.84. The van der Waals surface area contributed by atoms with Crippen LogP contribution in [0.3, 0.4) is 0 Å². The van der Waals surface area contributed by atoms with Gasteiger partial charge in [0.15, 0.2) is 0 Å². The van der Waals surface area contributed by atoms with Crippen molar-refractivity contribution in [3.63, 3.8) is 0 Å². The normalized spacial score (nSPS) is 11.4. The lowest BCUT2D eigenvalue weighted by atomic mass is 10.2. The highest BCUT2D eigenvalue weighted by atomic mass is 15.1. The number of rotatable bonds is 8. The van der Waals surface area contributed by atoms with E-state index < -0.39 is 0 Å². The van der Waals surface area contributed by atoms with Crippen LogP contribution in [-0.2, 0) is 6.54 Å². The first-order valence-electron chi connectivity index (χ1n) is 6.61. The molecule has 0 heterocycles. The van der Waals surface area contributed by atoms with Gasteiger partial charge in [-0.05, 0) is 44.6 Å². The first-order chi connectivity index (χ1) is 8.18. The Morgan fingerprint density at radius 1 is 1.18 bits per heavy atom. The van der Waals surface area contributed by atoms with Gasteiger partial charge in [-0.1, -0.05) is 44.2 Å². The first-order valence-corrected chi connectivity index (χ1v) is 6.61. The third kappa shape index (κ3) is 7.14. The predicted octanol–water partition coefficient (Wildman–Crippen LogP) is 2.75. The summed E-state index contributed by atoms with van der Waals surface area (Å²) in [6, 6.07) is 10.7. The molecule has 1 N–H and O–H groups in total. The molecule has 0 radical (unpaired) electrons. The molecule has 0 fully saturated rings. The van der Waals surface area contributed by atoms with Crippen LogP contribution in [0, 0.1) is 5.92 Å². The summed E-state index contributed by atoms with van der Waals surface area (Å²) in [5, 5.41) is 3.48. The van der Waals surface area contributed by atoms with E-state index in [1.54, 1.807) is 0 Å². The van der Waals surface area contributed by atoms with Crippen molar-refractivity contribution in [3.05, 3.63) is 35.9 Å². The van der Waals surface area contributed by atoms with Crippen molar-refractivity contribution in [2.45, 2.75) is 26.8 Å². The zero-order valence-electron chi connectivity index (χ0n) is 11.4. The minimum Gasteiger partial charge on any atom is -0.316 e. The SMILES string of the molecule is CC(C)CNCCCN(C)Cc1ccccc1. The summed E-state index contributed by atoms with van der Waals surface area (Å²) in [5.41, 5.74) is 1.39. The Hall–Kier alpha value is -0.860. The second-order valence-corrected chi connectivity index (χ2v) is 5.17. The molecule has 0 bridgehead atoms. The van der Waals surface area contributed by atoms with Gasteiger partial charge in [0.2, 0.25) is 0 Å². The van der Waals surface area contributed by atoms with Gasteiger partial charge in [0.05, 0.1) is 0 Å². The summed E-state index contributed by atoms with van der Waals surface area (Å²) in [6.07, 6.45) is 1.22. The maximum atomic E-state index is 3.48. The highest BCUT2D eigenvalue weighted by Crippen LogP contribution is 2.02. The Labute approximate surface area is 106 Å². The fourth-order valence-electron chi connectivity index (χ4n) is 1.84. The molecule has 0 atom stereocenters. The van der Waals surface area contributed by atoms with E-state index in [0.717, 1.165) is 32.1 Å². The molecule has 0 aliphatic rings. The molecule has 2 heteroatoms. The summed E-state index contributed by atoms with van der Waals surface area (Å²) in [5.74, 6) is 0.747. The molecule has 0 aromatic heterocycles. The van der Waals surface area contributed by atoms with Gasteiger partial charge in [-0.15, -0.1) is 0 Å². The lowest BCUT2D eigenvalue weighted by Crippen LogP contribution is -2.25. The number of nitrogens with one attached hydrogen (secondary N) is 1. The van der Waals surface area contributed by atoms with Gasteiger partial charge >= 0.3 is 0 Å². The lowest BCUT2D eigenvalue weighted by Gasteiger charge is -2.17. The molecule has 1 aromatic carbocycles. The topological polar surface area (TPSA) is 15.3 Å². The number of hydrogen-bond donors (Lipinski definition) is 1. The Bertz CT molecular complexity index is 282. The van der Waals surface area contributed by atoms with Gasteiger partial charge in [-0.25, -0.2) is 0 Å². The van der Waals surface area contributed by atoms with Gasteiger partial charge in [0, 0.05) is 6.54 Å². The van der Waals surface area contributed by atoms with E-state index in [9.17, 15) is 0 Å². The zero-order chi connectivity index (χ0) is 12.5. The van der Waals surface area contributed by atoms with Crippen LogP contribution in [0.25, 0.3) is 0 Å². The molecule has 1 rings (SSSR count). The monoisotopic (exact) mass is 234 g/mol. The molecule has 17 heavy (non-hydrogen) atoms. The molecule has 2 nitrogen and oxygen atoms in total. The largest absolute Gasteiger partial charge is 0.316 e. The van der Waals surface area contributed by atoms with Crippen molar-refractivity contribution < 1.29 is 0 Å². The standard InChI is InChI=1S/C15H26N2/c1-14(2)12-16-10-7-11-17(3)13-15-8-5-4-6-9-15/h4-6,8-9,14,16H,7,10-13H2,1-3H3. The summed E-state index contributed by atoms with van der Waals surface area (Å²) in [4.78, 5) is 2.38. The number of hydrogen-bond acceptors (Lipinski definition) is 2. The Morgan fingerprint density at radius 2 is 1.88 bits per heavy atom. The molecule has 96 valence electrons. The van der Waals surface area contributed by atoms with Gasteiger partial charge < -0.3 is 10.2 Å². The molecule has 0 aliphatic carbocycles. The van der Waals surface area contributed by atoms with Crippen LogP contribution in [0.2, 0.25) is 0 Å². The highest BCUT2D eigenvalue weighted by Gasteiger charge is 1.99. The van der Waals surface area contributed by atoms with Crippen LogP contribution < -0.4 is 5.32 Å². The second-order valence-electron chi connectivity index (χ2n) is 5.17. The fraction of sp³-hybridized carbons (Fsp3) is 0.600. The van der Waals surface area contributed by atoms with Gasteiger partial charge in [0.1, 0.15) is 0 Å². The van der Waals surface area contributed by atoms with Crippen molar-refractivity contribution >= 4 is 0 Å². The summed E-state index contributed by atoms with van der Waals surface area (Å²) < 4.78 is 0. The average molecular weight is 234 g/mol. The van der Waals surface area contributed by atoms with Crippen molar-refractivity contribution in [2.24, 2.45) is 5.92 Å². The molecular formula is C15H26N2. The van der Waals surface area contributed by atoms with E-state index in [1.165, 1.54) is 12.0 Å². The van der Waals surface area contributed by atoms with Gasteiger partial charge in [-0.2, -0.15) is 0 Å². The van der Waals surface area contributed by atoms with Crippen LogP contribution in [0.5, 0.6) is 0 Å². The predicted molar refractivity (Wildman–Crippen MR) is 75.1 cm³/mol. The van der Waals surface area contributed by atoms with Crippen molar-refractivity contribution in [3.8, 4) is 0 Å². The number of benzene rings is 1. The zero-order valence-corrected chi connectivity index (χ0v) is 11.4. The quantitative estimate of drug-likeness (QED) is 0.696. The molecule has 0 amide bonds. The molecular weight excluding hydrogens is 208 g/mol.